The third-order valence-corrected chi connectivity index (χ3v) is 4.49. The van der Waals surface area contributed by atoms with Gasteiger partial charge in [0.1, 0.15) is 22.8 Å². The summed E-state index contributed by atoms with van der Waals surface area (Å²) in [5.41, 5.74) is -0.0708. The van der Waals surface area contributed by atoms with Gasteiger partial charge in [-0.05, 0) is 31.2 Å². The van der Waals surface area contributed by atoms with Crippen LogP contribution in [0.1, 0.15) is 41.5 Å². The van der Waals surface area contributed by atoms with Crippen LogP contribution in [0.3, 0.4) is 0 Å². The Morgan fingerprint density at radius 2 is 1.93 bits per heavy atom. The van der Waals surface area contributed by atoms with Gasteiger partial charge in [0.25, 0.3) is 6.43 Å². The van der Waals surface area contributed by atoms with Gasteiger partial charge in [0.15, 0.2) is 0 Å². The molecule has 0 saturated carbocycles. The highest BCUT2D eigenvalue weighted by Crippen LogP contribution is 2.34. The third-order valence-electron chi connectivity index (χ3n) is 4.49. The molecule has 10 heteroatoms. The summed E-state index contributed by atoms with van der Waals surface area (Å²) in [6.07, 6.45) is -0.347. The minimum atomic E-state index is -2.88. The lowest BCUT2D eigenvalue weighted by atomic mass is 10.0. The summed E-state index contributed by atoms with van der Waals surface area (Å²) < 4.78 is 33.9. The summed E-state index contributed by atoms with van der Waals surface area (Å²) in [5, 5.41) is 24.8. The van der Waals surface area contributed by atoms with Crippen molar-refractivity contribution in [2.75, 3.05) is 5.32 Å². The molecule has 3 rings (SSSR count). The molecule has 158 valence electrons. The number of nitrogens with one attached hydrogen (secondary N) is 1. The fourth-order valence-corrected chi connectivity index (χ4v) is 2.96. The number of carbonyl (C=O) groups excluding carboxylic acids is 1. The molecule has 0 spiro atoms. The molecule has 0 radical (unpaired) electrons. The molecule has 2 heterocycles. The van der Waals surface area contributed by atoms with Crippen molar-refractivity contribution in [1.29, 1.82) is 0 Å². The number of hydrogen-bond acceptors (Lipinski definition) is 5. The Kier molecular flexibility index (Phi) is 6.14. The molecule has 0 aliphatic heterocycles. The summed E-state index contributed by atoms with van der Waals surface area (Å²) in [5.74, 6) is -1.89. The predicted octanol–water partition coefficient (Wildman–Crippen LogP) is 4.08. The van der Waals surface area contributed by atoms with Crippen LogP contribution in [0.4, 0.5) is 14.5 Å². The zero-order valence-electron chi connectivity index (χ0n) is 15.9. The largest absolute Gasteiger partial charge is 0.508 e. The second-order valence-electron chi connectivity index (χ2n) is 6.48. The van der Waals surface area contributed by atoms with Crippen molar-refractivity contribution in [3.63, 3.8) is 0 Å². The number of phenols is 1. The average molecular weight is 419 g/mol. The van der Waals surface area contributed by atoms with Gasteiger partial charge >= 0.3 is 5.97 Å². The van der Waals surface area contributed by atoms with E-state index >= 15 is 0 Å². The van der Waals surface area contributed by atoms with E-state index in [1.807, 2.05) is 6.92 Å². The minimum Gasteiger partial charge on any atom is -0.508 e. The number of aromatic hydroxyl groups is 1. The Hall–Kier alpha value is -3.69. The van der Waals surface area contributed by atoms with E-state index < -0.39 is 23.9 Å². The van der Waals surface area contributed by atoms with Crippen LogP contribution in [0.25, 0.3) is 11.3 Å². The summed E-state index contributed by atoms with van der Waals surface area (Å²) in [6, 6.07) is 5.55. The molecule has 3 N–H and O–H groups in total. The molecular weight excluding hydrogens is 400 g/mol. The fourth-order valence-electron chi connectivity index (χ4n) is 2.96. The number of rotatable bonds is 8. The van der Waals surface area contributed by atoms with Gasteiger partial charge in [-0.3, -0.25) is 4.79 Å². The summed E-state index contributed by atoms with van der Waals surface area (Å²) in [7, 11) is 0. The molecule has 0 atom stereocenters. The van der Waals surface area contributed by atoms with Gasteiger partial charge in [-0.2, -0.15) is 0 Å². The first-order valence-corrected chi connectivity index (χ1v) is 9.09. The van der Waals surface area contributed by atoms with Crippen molar-refractivity contribution >= 4 is 17.6 Å². The van der Waals surface area contributed by atoms with Crippen LogP contribution in [-0.4, -0.2) is 31.8 Å². The number of halogens is 2. The highest BCUT2D eigenvalue weighted by molar-refractivity contribution is 6.00. The summed E-state index contributed by atoms with van der Waals surface area (Å²) in [4.78, 5) is 23.6. The van der Waals surface area contributed by atoms with Crippen molar-refractivity contribution in [3.8, 4) is 17.0 Å². The Balaban J connectivity index is 1.74. The number of alkyl halides is 2. The number of aryl methyl sites for hydroxylation is 2. The van der Waals surface area contributed by atoms with Crippen LogP contribution >= 0.6 is 0 Å². The molecule has 0 aliphatic carbocycles. The zero-order valence-corrected chi connectivity index (χ0v) is 15.9. The van der Waals surface area contributed by atoms with Crippen molar-refractivity contribution in [2.45, 2.75) is 32.7 Å². The first-order chi connectivity index (χ1) is 14.3. The number of hydrogen-bond donors (Lipinski definition) is 3. The van der Waals surface area contributed by atoms with Crippen molar-refractivity contribution in [2.24, 2.45) is 0 Å². The highest BCUT2D eigenvalue weighted by atomic mass is 19.3. The van der Waals surface area contributed by atoms with Crippen LogP contribution in [0.15, 0.2) is 41.2 Å². The third kappa shape index (κ3) is 4.48. The first-order valence-electron chi connectivity index (χ1n) is 9.09. The molecule has 0 aliphatic rings. The number of aromatic carboxylic acids is 1. The van der Waals surface area contributed by atoms with Crippen molar-refractivity contribution < 1.29 is 33.1 Å². The van der Waals surface area contributed by atoms with E-state index in [2.05, 4.69) is 10.5 Å². The van der Waals surface area contributed by atoms with Gasteiger partial charge < -0.3 is 24.6 Å². The number of carboxylic acid groups (broad SMARTS) is 1. The van der Waals surface area contributed by atoms with Crippen LogP contribution in [0.5, 0.6) is 5.75 Å². The molecule has 0 unspecified atom stereocenters. The number of benzene rings is 1. The Labute approximate surface area is 169 Å². The second-order valence-corrected chi connectivity index (χ2v) is 6.48. The minimum absolute atomic E-state index is 0.0182. The zero-order chi connectivity index (χ0) is 21.8. The maximum absolute atomic E-state index is 13.6. The van der Waals surface area contributed by atoms with Crippen LogP contribution < -0.4 is 5.32 Å². The maximum Gasteiger partial charge on any atom is 0.339 e. The first kappa shape index (κ1) is 21.0. The molecule has 1 aromatic carbocycles. The number of carbonyl (C=O) groups is 2. The SMILES string of the molecule is CCn1cc(NC(=O)CCc2onc(-c3ccc(O)cc3)c2C(F)F)c(C(=O)O)c1. The predicted molar refractivity (Wildman–Crippen MR) is 103 cm³/mol. The van der Waals surface area contributed by atoms with E-state index in [9.17, 15) is 28.6 Å². The van der Waals surface area contributed by atoms with Gasteiger partial charge in [0.2, 0.25) is 5.91 Å². The molecule has 30 heavy (non-hydrogen) atoms. The molecule has 2 aromatic heterocycles. The number of anilines is 1. The second kappa shape index (κ2) is 8.76. The fraction of sp³-hybridized carbons (Fsp3) is 0.250. The standard InChI is InChI=1S/C20H19F2N3O5/c1-2-25-9-13(20(28)29)14(10-25)23-16(27)8-7-15-17(19(21)22)18(24-30-15)11-3-5-12(26)6-4-11/h3-6,9-10,19,26H,2,7-8H2,1H3,(H,23,27)(H,28,29). The van der Waals surface area contributed by atoms with E-state index in [1.54, 1.807) is 4.57 Å². The summed E-state index contributed by atoms with van der Waals surface area (Å²) >= 11 is 0. The van der Waals surface area contributed by atoms with Gasteiger partial charge in [-0.1, -0.05) is 5.16 Å². The molecule has 0 fully saturated rings. The Bertz CT molecular complexity index is 1060. The maximum atomic E-state index is 13.6. The van der Waals surface area contributed by atoms with E-state index in [4.69, 9.17) is 4.52 Å². The molecule has 1 amide bonds. The number of aromatic nitrogens is 2. The lowest BCUT2D eigenvalue weighted by Crippen LogP contribution is -2.14. The van der Waals surface area contributed by atoms with Gasteiger partial charge in [0.05, 0.1) is 11.3 Å². The average Bonchev–Trinajstić information content (AvgIpc) is 3.31. The van der Waals surface area contributed by atoms with Crippen LogP contribution in [0, 0.1) is 0 Å². The Morgan fingerprint density at radius 1 is 1.23 bits per heavy atom. The van der Waals surface area contributed by atoms with Gasteiger partial charge in [-0.25, -0.2) is 13.6 Å². The molecule has 8 nitrogen and oxygen atoms in total. The van der Waals surface area contributed by atoms with Crippen LogP contribution in [-0.2, 0) is 17.8 Å². The Morgan fingerprint density at radius 3 is 2.53 bits per heavy atom. The lowest BCUT2D eigenvalue weighted by Gasteiger charge is -2.05. The number of amides is 1. The molecular formula is C20H19F2N3O5. The van der Waals surface area contributed by atoms with E-state index in [0.717, 1.165) is 0 Å². The van der Waals surface area contributed by atoms with Crippen LogP contribution in [0.2, 0.25) is 0 Å². The molecule has 0 saturated heterocycles. The topological polar surface area (TPSA) is 118 Å². The number of nitrogens with zero attached hydrogens (tertiary/aromatic N) is 2. The van der Waals surface area contributed by atoms with Crippen molar-refractivity contribution in [1.82, 2.24) is 9.72 Å². The normalized spacial score (nSPS) is 11.1. The van der Waals surface area contributed by atoms with E-state index in [-0.39, 0.29) is 41.3 Å². The lowest BCUT2D eigenvalue weighted by molar-refractivity contribution is -0.116. The van der Waals surface area contributed by atoms with E-state index in [1.165, 1.54) is 36.7 Å². The number of carboxylic acids is 1. The molecule has 3 aromatic rings. The number of phenolic OH excluding ortho intramolecular Hbond substituents is 1. The van der Waals surface area contributed by atoms with Gasteiger partial charge in [0, 0.05) is 37.3 Å². The van der Waals surface area contributed by atoms with Gasteiger partial charge in [-0.15, -0.1) is 0 Å². The highest BCUT2D eigenvalue weighted by Gasteiger charge is 2.26. The van der Waals surface area contributed by atoms with E-state index in [0.29, 0.717) is 12.1 Å². The monoisotopic (exact) mass is 419 g/mol. The molecule has 0 bridgehead atoms. The van der Waals surface area contributed by atoms with Crippen molar-refractivity contribution in [3.05, 3.63) is 53.5 Å². The summed E-state index contributed by atoms with van der Waals surface area (Å²) in [6.45, 7) is 2.34. The quantitative estimate of drug-likeness (QED) is 0.507. The smallest absolute Gasteiger partial charge is 0.339 e.